The number of fused-ring (bicyclic) bond motifs is 1. The molecule has 2 aliphatic rings. The minimum Gasteiger partial charge on any atom is -0.373 e. The molecular formula is C28H29ClN2O2. The van der Waals surface area contributed by atoms with Crippen LogP contribution in [0.4, 0.5) is 5.69 Å². The van der Waals surface area contributed by atoms with Gasteiger partial charge in [-0.1, -0.05) is 60.1 Å². The van der Waals surface area contributed by atoms with E-state index in [0.717, 1.165) is 36.9 Å². The zero-order valence-corrected chi connectivity index (χ0v) is 19.3. The van der Waals surface area contributed by atoms with E-state index in [1.54, 1.807) is 12.1 Å². The van der Waals surface area contributed by atoms with Crippen LogP contribution < -0.4 is 5.32 Å². The Morgan fingerprint density at radius 2 is 1.73 bits per heavy atom. The van der Waals surface area contributed by atoms with Gasteiger partial charge in [-0.2, -0.15) is 0 Å². The summed E-state index contributed by atoms with van der Waals surface area (Å²) < 4.78 is 0. The van der Waals surface area contributed by atoms with Gasteiger partial charge in [0.2, 0.25) is 0 Å². The SMILES string of the molecule is O=C(c1ccccc1Cl)N1CCCC([C@@H](O)Nc2ccc3c(c2)CCC3)[C@@H]1c1ccccc1. The van der Waals surface area contributed by atoms with Gasteiger partial charge in [-0.05, 0) is 73.1 Å². The predicted molar refractivity (Wildman–Crippen MR) is 132 cm³/mol. The van der Waals surface area contributed by atoms with E-state index in [4.69, 9.17) is 11.6 Å². The number of aliphatic hydroxyl groups is 1. The maximum absolute atomic E-state index is 13.6. The predicted octanol–water partition coefficient (Wildman–Crippen LogP) is 5.85. The topological polar surface area (TPSA) is 52.6 Å². The van der Waals surface area contributed by atoms with Gasteiger partial charge < -0.3 is 15.3 Å². The molecule has 33 heavy (non-hydrogen) atoms. The highest BCUT2D eigenvalue weighted by Gasteiger charge is 2.39. The first-order valence-corrected chi connectivity index (χ1v) is 12.2. The fraction of sp³-hybridized carbons (Fsp3) is 0.321. The number of halogens is 1. The first-order valence-electron chi connectivity index (χ1n) is 11.8. The molecule has 5 heteroatoms. The van der Waals surface area contributed by atoms with Crippen LogP contribution in [0.1, 0.15) is 52.4 Å². The number of amides is 1. The fourth-order valence-electron chi connectivity index (χ4n) is 5.39. The standard InChI is InChI=1S/C28H29ClN2O2/c29-25-14-5-4-12-23(25)28(33)31-17-7-13-24(26(31)20-8-2-1-3-9-20)27(32)30-22-16-15-19-10-6-11-21(19)18-22/h1-5,8-9,12,14-16,18,24,26-27,30,32H,6-7,10-11,13,17H2/t24?,26-,27+/m0/s1. The first kappa shape index (κ1) is 22.0. The molecule has 3 aromatic rings. The molecule has 1 unspecified atom stereocenters. The van der Waals surface area contributed by atoms with Gasteiger partial charge in [-0.15, -0.1) is 0 Å². The molecule has 1 heterocycles. The van der Waals surface area contributed by atoms with Crippen molar-refractivity contribution in [2.45, 2.75) is 44.4 Å². The highest BCUT2D eigenvalue weighted by Crippen LogP contribution is 2.40. The van der Waals surface area contributed by atoms with Crippen molar-refractivity contribution in [3.05, 3.63) is 100 Å². The summed E-state index contributed by atoms with van der Waals surface area (Å²) in [6.07, 6.45) is 4.29. The zero-order chi connectivity index (χ0) is 22.8. The number of nitrogens with one attached hydrogen (secondary N) is 1. The van der Waals surface area contributed by atoms with Gasteiger partial charge in [0, 0.05) is 18.2 Å². The summed E-state index contributed by atoms with van der Waals surface area (Å²) in [5, 5.41) is 15.2. The van der Waals surface area contributed by atoms with Crippen LogP contribution in [0.3, 0.4) is 0 Å². The number of benzene rings is 3. The van der Waals surface area contributed by atoms with Crippen molar-refractivity contribution >= 4 is 23.2 Å². The van der Waals surface area contributed by atoms with Crippen LogP contribution in [0.15, 0.2) is 72.8 Å². The largest absolute Gasteiger partial charge is 0.373 e. The Labute approximate surface area is 200 Å². The first-order chi connectivity index (χ1) is 16.1. The van der Waals surface area contributed by atoms with Crippen molar-refractivity contribution in [1.29, 1.82) is 0 Å². The Balaban J connectivity index is 1.45. The van der Waals surface area contributed by atoms with Gasteiger partial charge in [0.1, 0.15) is 6.23 Å². The normalized spacial score (nSPS) is 20.8. The maximum atomic E-state index is 13.6. The summed E-state index contributed by atoms with van der Waals surface area (Å²) in [5.41, 5.74) is 5.24. The van der Waals surface area contributed by atoms with Crippen molar-refractivity contribution < 1.29 is 9.90 Å². The van der Waals surface area contributed by atoms with Crippen LogP contribution in [0.25, 0.3) is 0 Å². The average Bonchev–Trinajstić information content (AvgIpc) is 3.32. The van der Waals surface area contributed by atoms with Gasteiger partial charge in [0.05, 0.1) is 16.6 Å². The highest BCUT2D eigenvalue weighted by atomic mass is 35.5. The lowest BCUT2D eigenvalue weighted by atomic mass is 9.82. The molecule has 3 atom stereocenters. The molecule has 2 N–H and O–H groups in total. The number of aryl methyl sites for hydroxylation is 2. The lowest BCUT2D eigenvalue weighted by Gasteiger charge is -2.44. The molecule has 0 bridgehead atoms. The van der Waals surface area contributed by atoms with Crippen LogP contribution in [0.5, 0.6) is 0 Å². The van der Waals surface area contributed by atoms with Crippen molar-refractivity contribution in [2.24, 2.45) is 5.92 Å². The van der Waals surface area contributed by atoms with Crippen LogP contribution in [0.2, 0.25) is 5.02 Å². The third-order valence-electron chi connectivity index (χ3n) is 7.00. The second kappa shape index (κ2) is 9.58. The molecule has 1 saturated heterocycles. The molecule has 3 aromatic carbocycles. The molecule has 4 nitrogen and oxygen atoms in total. The van der Waals surface area contributed by atoms with Crippen LogP contribution in [-0.2, 0) is 12.8 Å². The summed E-state index contributed by atoms with van der Waals surface area (Å²) >= 11 is 6.38. The van der Waals surface area contributed by atoms with Crippen molar-refractivity contribution in [3.8, 4) is 0 Å². The number of nitrogens with zero attached hydrogens (tertiary/aromatic N) is 1. The summed E-state index contributed by atoms with van der Waals surface area (Å²) in [5.74, 6) is -0.246. The molecule has 0 aromatic heterocycles. The number of hydrogen-bond acceptors (Lipinski definition) is 3. The van der Waals surface area contributed by atoms with E-state index >= 15 is 0 Å². The van der Waals surface area contributed by atoms with Crippen molar-refractivity contribution in [2.75, 3.05) is 11.9 Å². The minimum absolute atomic E-state index is 0.0936. The van der Waals surface area contributed by atoms with Crippen LogP contribution >= 0.6 is 11.6 Å². The summed E-state index contributed by atoms with van der Waals surface area (Å²) in [6.45, 7) is 0.631. The lowest BCUT2D eigenvalue weighted by Crippen LogP contribution is -2.48. The fourth-order valence-corrected chi connectivity index (χ4v) is 5.61. The average molecular weight is 461 g/mol. The molecule has 1 fully saturated rings. The number of anilines is 1. The Hall–Kier alpha value is -2.82. The van der Waals surface area contributed by atoms with Crippen molar-refractivity contribution in [3.63, 3.8) is 0 Å². The number of hydrogen-bond donors (Lipinski definition) is 2. The molecule has 1 aliphatic heterocycles. The summed E-state index contributed by atoms with van der Waals surface area (Å²) in [6, 6.07) is 23.3. The molecule has 0 spiro atoms. The van der Waals surface area contributed by atoms with Crippen LogP contribution in [-0.4, -0.2) is 28.7 Å². The Morgan fingerprint density at radius 1 is 0.970 bits per heavy atom. The van der Waals surface area contributed by atoms with E-state index in [2.05, 4.69) is 23.5 Å². The number of rotatable bonds is 5. The second-order valence-corrected chi connectivity index (χ2v) is 9.47. The molecule has 0 radical (unpaired) electrons. The summed E-state index contributed by atoms with van der Waals surface area (Å²) in [7, 11) is 0. The Kier molecular flexibility index (Phi) is 6.39. The van der Waals surface area contributed by atoms with Gasteiger partial charge in [-0.3, -0.25) is 4.79 Å². The lowest BCUT2D eigenvalue weighted by molar-refractivity contribution is 0.0161. The number of aliphatic hydroxyl groups excluding tert-OH is 1. The van der Waals surface area contributed by atoms with Gasteiger partial charge in [0.25, 0.3) is 5.91 Å². The molecular weight excluding hydrogens is 432 g/mol. The zero-order valence-electron chi connectivity index (χ0n) is 18.6. The monoisotopic (exact) mass is 460 g/mol. The van der Waals surface area contributed by atoms with Gasteiger partial charge >= 0.3 is 0 Å². The quantitative estimate of drug-likeness (QED) is 0.469. The Bertz CT molecular complexity index is 1130. The molecule has 1 aliphatic carbocycles. The summed E-state index contributed by atoms with van der Waals surface area (Å²) in [4.78, 5) is 15.5. The van der Waals surface area contributed by atoms with E-state index in [9.17, 15) is 9.90 Å². The van der Waals surface area contributed by atoms with E-state index < -0.39 is 6.23 Å². The van der Waals surface area contributed by atoms with Crippen molar-refractivity contribution in [1.82, 2.24) is 4.90 Å². The minimum atomic E-state index is -0.781. The molecule has 0 saturated carbocycles. The third-order valence-corrected chi connectivity index (χ3v) is 7.33. The number of carbonyl (C=O) groups is 1. The highest BCUT2D eigenvalue weighted by molar-refractivity contribution is 6.33. The smallest absolute Gasteiger partial charge is 0.255 e. The molecule has 5 rings (SSSR count). The van der Waals surface area contributed by atoms with E-state index in [1.165, 1.54) is 17.5 Å². The van der Waals surface area contributed by atoms with Crippen LogP contribution in [0, 0.1) is 5.92 Å². The number of piperidine rings is 1. The second-order valence-electron chi connectivity index (χ2n) is 9.07. The molecule has 1 amide bonds. The number of carbonyl (C=O) groups excluding carboxylic acids is 1. The van der Waals surface area contributed by atoms with E-state index in [0.29, 0.717) is 17.1 Å². The number of likely N-dealkylation sites (tertiary alicyclic amines) is 1. The van der Waals surface area contributed by atoms with Gasteiger partial charge in [0.15, 0.2) is 0 Å². The Morgan fingerprint density at radius 3 is 2.55 bits per heavy atom. The van der Waals surface area contributed by atoms with Gasteiger partial charge in [-0.25, -0.2) is 0 Å². The third kappa shape index (κ3) is 4.50. The van der Waals surface area contributed by atoms with E-state index in [-0.39, 0.29) is 17.9 Å². The van der Waals surface area contributed by atoms with E-state index in [1.807, 2.05) is 47.4 Å². The molecule has 170 valence electrons. The maximum Gasteiger partial charge on any atom is 0.255 e.